The molecule has 1 N–H and O–H groups in total. The molecule has 4 heterocycles. The van der Waals surface area contributed by atoms with Crippen molar-refractivity contribution in [1.29, 1.82) is 0 Å². The van der Waals surface area contributed by atoms with Crippen LogP contribution in [0.25, 0.3) is 22.3 Å². The lowest BCUT2D eigenvalue weighted by Crippen LogP contribution is -2.44. The fourth-order valence-corrected chi connectivity index (χ4v) is 4.72. The molecular weight excluding hydrogens is 450 g/mol. The molecule has 1 aromatic carbocycles. The highest BCUT2D eigenvalue weighted by Crippen LogP contribution is 2.40. The number of hydrogen-bond acceptors (Lipinski definition) is 8. The highest BCUT2D eigenvalue weighted by molar-refractivity contribution is 6.02. The van der Waals surface area contributed by atoms with E-state index in [9.17, 15) is 14.7 Å². The van der Waals surface area contributed by atoms with Gasteiger partial charge in [-0.15, -0.1) is 0 Å². The topological polar surface area (TPSA) is 112 Å². The van der Waals surface area contributed by atoms with Gasteiger partial charge in [0.05, 0.1) is 42.3 Å². The number of rotatable bonds is 7. The lowest BCUT2D eigenvalue weighted by molar-refractivity contribution is -0.172. The number of aliphatic hydroxyl groups is 1. The summed E-state index contributed by atoms with van der Waals surface area (Å²) >= 11 is 0. The van der Waals surface area contributed by atoms with Gasteiger partial charge in [0.25, 0.3) is 5.56 Å². The van der Waals surface area contributed by atoms with Crippen LogP contribution in [0.2, 0.25) is 0 Å². The summed E-state index contributed by atoms with van der Waals surface area (Å²) in [6, 6.07) is 7.26. The Morgan fingerprint density at radius 2 is 2.09 bits per heavy atom. The van der Waals surface area contributed by atoms with Crippen molar-refractivity contribution in [2.24, 2.45) is 5.16 Å². The van der Waals surface area contributed by atoms with Gasteiger partial charge in [0.2, 0.25) is 0 Å². The molecular formula is C26H27N3O6. The molecule has 0 unspecified atom stereocenters. The molecule has 2 aliphatic heterocycles. The number of hydrogen-bond donors (Lipinski definition) is 1. The van der Waals surface area contributed by atoms with Crippen LogP contribution >= 0.6 is 0 Å². The Balaban J connectivity index is 1.72. The maximum Gasteiger partial charge on any atom is 0.343 e. The first-order chi connectivity index (χ1) is 16.9. The van der Waals surface area contributed by atoms with E-state index in [1.165, 1.54) is 0 Å². The third-order valence-corrected chi connectivity index (χ3v) is 6.78. The average molecular weight is 478 g/mol. The van der Waals surface area contributed by atoms with Crippen molar-refractivity contribution in [3.05, 3.63) is 56.9 Å². The number of oxime groups is 1. The Labute approximate surface area is 201 Å². The Hall–Kier alpha value is -3.72. The quantitative estimate of drug-likeness (QED) is 0.188. The number of fused-ring (bicyclic) bond motifs is 5. The van der Waals surface area contributed by atoms with E-state index in [-0.39, 0.29) is 36.3 Å². The van der Waals surface area contributed by atoms with Crippen LogP contribution in [0.4, 0.5) is 0 Å². The predicted octanol–water partition coefficient (Wildman–Crippen LogP) is 3.24. The van der Waals surface area contributed by atoms with Crippen molar-refractivity contribution in [3.8, 4) is 17.1 Å². The number of ether oxygens (including phenoxy) is 2. The maximum absolute atomic E-state index is 13.5. The summed E-state index contributed by atoms with van der Waals surface area (Å²) < 4.78 is 12.2. The molecule has 0 radical (unpaired) electrons. The van der Waals surface area contributed by atoms with Gasteiger partial charge in [-0.3, -0.25) is 4.79 Å². The normalized spacial score (nSPS) is 18.3. The number of carbonyl (C=O) groups is 1. The Kier molecular flexibility index (Phi) is 5.80. The van der Waals surface area contributed by atoms with Crippen molar-refractivity contribution in [2.75, 3.05) is 13.7 Å². The largest absolute Gasteiger partial charge is 0.497 e. The van der Waals surface area contributed by atoms with Crippen molar-refractivity contribution >= 4 is 23.1 Å². The first kappa shape index (κ1) is 23.0. The standard InChI is InChI=1S/C26H27N3O6/c1-4-6-9-35-27-12-17-16-10-15(33-3)7-8-21(16)28-23-18(17)13-29-22(23)11-20-19(24(29)30)14-34-25(31)26(20,32)5-2/h7-8,10-12,32H,4-6,9,13-14H2,1-3H3/t26-/m0/s1. The van der Waals surface area contributed by atoms with Crippen molar-refractivity contribution < 1.29 is 24.2 Å². The lowest BCUT2D eigenvalue weighted by Gasteiger charge is -2.31. The van der Waals surface area contributed by atoms with E-state index in [1.807, 2.05) is 18.2 Å². The minimum atomic E-state index is -1.87. The summed E-state index contributed by atoms with van der Waals surface area (Å²) in [7, 11) is 1.60. The molecule has 5 rings (SSSR count). The summed E-state index contributed by atoms with van der Waals surface area (Å²) in [5.74, 6) is -0.0710. The van der Waals surface area contributed by atoms with Crippen LogP contribution in [0.15, 0.2) is 34.2 Å². The molecule has 1 atom stereocenters. The molecule has 2 aromatic heterocycles. The molecule has 2 aliphatic rings. The summed E-state index contributed by atoms with van der Waals surface area (Å²) in [4.78, 5) is 36.2. The number of unbranched alkanes of at least 4 members (excludes halogenated alkanes) is 1. The molecule has 182 valence electrons. The summed E-state index contributed by atoms with van der Waals surface area (Å²) in [6.45, 7) is 4.37. The molecule has 9 heteroatoms. The number of pyridine rings is 2. The molecule has 0 spiro atoms. The molecule has 0 amide bonds. The zero-order valence-corrected chi connectivity index (χ0v) is 20.0. The second kappa shape index (κ2) is 8.81. The van der Waals surface area contributed by atoms with Crippen molar-refractivity contribution in [1.82, 2.24) is 9.55 Å². The van der Waals surface area contributed by atoms with E-state index in [1.54, 1.807) is 30.9 Å². The van der Waals surface area contributed by atoms with Crippen LogP contribution in [0.1, 0.15) is 55.4 Å². The SMILES string of the molecule is CCCCON=Cc1c2c(nc3ccc(OC)cc13)-c1cc3c(c(=O)n1C2)COC(=O)[C@]3(O)CC. The number of cyclic esters (lactones) is 1. The minimum Gasteiger partial charge on any atom is -0.497 e. The zero-order chi connectivity index (χ0) is 24.7. The highest BCUT2D eigenvalue weighted by atomic mass is 16.6. The fourth-order valence-electron chi connectivity index (χ4n) is 4.72. The summed E-state index contributed by atoms with van der Waals surface area (Å²) in [5.41, 5.74) is 1.83. The van der Waals surface area contributed by atoms with Crippen LogP contribution < -0.4 is 10.3 Å². The predicted molar refractivity (Wildman–Crippen MR) is 130 cm³/mol. The fraction of sp³-hybridized carbons (Fsp3) is 0.385. The number of methoxy groups -OCH3 is 1. The van der Waals surface area contributed by atoms with Gasteiger partial charge < -0.3 is 24.0 Å². The van der Waals surface area contributed by atoms with Gasteiger partial charge in [0, 0.05) is 22.1 Å². The molecule has 0 saturated heterocycles. The van der Waals surface area contributed by atoms with E-state index in [0.29, 0.717) is 29.3 Å². The van der Waals surface area contributed by atoms with Crippen LogP contribution in [-0.4, -0.2) is 40.6 Å². The van der Waals surface area contributed by atoms with Gasteiger partial charge in [-0.25, -0.2) is 9.78 Å². The van der Waals surface area contributed by atoms with Gasteiger partial charge in [-0.1, -0.05) is 25.4 Å². The molecule has 0 bridgehead atoms. The van der Waals surface area contributed by atoms with Gasteiger partial charge in [0.15, 0.2) is 5.60 Å². The van der Waals surface area contributed by atoms with E-state index in [2.05, 4.69) is 12.1 Å². The first-order valence-corrected chi connectivity index (χ1v) is 11.8. The van der Waals surface area contributed by atoms with E-state index < -0.39 is 11.6 Å². The maximum atomic E-state index is 13.5. The lowest BCUT2D eigenvalue weighted by atomic mass is 9.86. The number of nitrogens with zero attached hydrogens (tertiary/aromatic N) is 3. The molecule has 0 fully saturated rings. The van der Waals surface area contributed by atoms with Crippen molar-refractivity contribution in [3.63, 3.8) is 0 Å². The van der Waals surface area contributed by atoms with Crippen LogP contribution in [0.5, 0.6) is 5.75 Å². The molecule has 0 saturated carbocycles. The van der Waals surface area contributed by atoms with Gasteiger partial charge in [-0.2, -0.15) is 0 Å². The number of aromatic nitrogens is 2. The summed E-state index contributed by atoms with van der Waals surface area (Å²) in [6.07, 6.45) is 3.64. The molecule has 35 heavy (non-hydrogen) atoms. The van der Waals surface area contributed by atoms with Gasteiger partial charge in [0.1, 0.15) is 19.0 Å². The second-order valence-corrected chi connectivity index (χ2v) is 8.76. The Morgan fingerprint density at radius 3 is 2.83 bits per heavy atom. The van der Waals surface area contributed by atoms with Gasteiger partial charge >= 0.3 is 5.97 Å². The third-order valence-electron chi connectivity index (χ3n) is 6.78. The average Bonchev–Trinajstić information content (AvgIpc) is 3.24. The molecule has 3 aromatic rings. The second-order valence-electron chi connectivity index (χ2n) is 8.76. The van der Waals surface area contributed by atoms with E-state index in [4.69, 9.17) is 19.3 Å². The Morgan fingerprint density at radius 1 is 1.26 bits per heavy atom. The van der Waals surface area contributed by atoms with E-state index in [0.717, 1.165) is 29.4 Å². The monoisotopic (exact) mass is 477 g/mol. The Bertz CT molecular complexity index is 1430. The molecule has 9 nitrogen and oxygen atoms in total. The van der Waals surface area contributed by atoms with Gasteiger partial charge in [-0.05, 0) is 37.1 Å². The number of benzene rings is 1. The van der Waals surface area contributed by atoms with E-state index >= 15 is 0 Å². The van der Waals surface area contributed by atoms with Crippen LogP contribution in [0, 0.1) is 0 Å². The summed E-state index contributed by atoms with van der Waals surface area (Å²) in [5, 5.41) is 16.1. The number of esters is 1. The van der Waals surface area contributed by atoms with Crippen molar-refractivity contribution in [2.45, 2.75) is 51.9 Å². The smallest absolute Gasteiger partial charge is 0.343 e. The first-order valence-electron chi connectivity index (χ1n) is 11.8. The minimum absolute atomic E-state index is 0.0898. The molecule has 0 aliphatic carbocycles. The highest BCUT2D eigenvalue weighted by Gasteiger charge is 2.45. The third kappa shape index (κ3) is 3.58. The van der Waals surface area contributed by atoms with Crippen LogP contribution in [0.3, 0.4) is 0 Å². The zero-order valence-electron chi connectivity index (χ0n) is 20.0. The number of carbonyl (C=O) groups excluding carboxylic acids is 1. The van der Waals surface area contributed by atoms with Crippen LogP contribution in [-0.2, 0) is 33.1 Å².